The molecule has 0 aliphatic carbocycles. The lowest BCUT2D eigenvalue weighted by Crippen LogP contribution is -2.52. The maximum atomic E-state index is 13.3. The zero-order valence-electron chi connectivity index (χ0n) is 12.2. The van der Waals surface area contributed by atoms with Gasteiger partial charge in [-0.15, -0.1) is 0 Å². The largest absolute Gasteiger partial charge is 0.507 e. The minimum Gasteiger partial charge on any atom is -0.421 e. The van der Waals surface area contributed by atoms with E-state index < -0.39 is 29.6 Å². The van der Waals surface area contributed by atoms with Crippen LogP contribution in [0, 0.1) is 0 Å². The third-order valence-electron chi connectivity index (χ3n) is 3.11. The van der Waals surface area contributed by atoms with Gasteiger partial charge in [-0.2, -0.15) is 22.6 Å². The number of ether oxygens (including phenoxy) is 2. The Morgan fingerprint density at radius 3 is 2.50 bits per heavy atom. The Hall–Kier alpha value is -2.23. The summed E-state index contributed by atoms with van der Waals surface area (Å²) in [6.45, 7) is 5.31. The van der Waals surface area contributed by atoms with E-state index in [2.05, 4.69) is 21.0 Å². The van der Waals surface area contributed by atoms with E-state index >= 15 is 0 Å². The number of hydrogen-bond acceptors (Lipinski definition) is 4. The Labute approximate surface area is 137 Å². The van der Waals surface area contributed by atoms with Gasteiger partial charge in [0.05, 0.1) is 6.54 Å². The van der Waals surface area contributed by atoms with Crippen molar-refractivity contribution in [2.24, 2.45) is 4.99 Å². The van der Waals surface area contributed by atoms with Crippen LogP contribution in [0.1, 0.15) is 6.92 Å². The van der Waals surface area contributed by atoms with E-state index in [0.29, 0.717) is 15.8 Å². The fraction of sp³-hybridized carbons (Fsp3) is 0.286. The third-order valence-corrected chi connectivity index (χ3v) is 4.02. The second-order valence-electron chi connectivity index (χ2n) is 5.01. The van der Waals surface area contributed by atoms with Crippen LogP contribution in [0.2, 0.25) is 0 Å². The zero-order valence-corrected chi connectivity index (χ0v) is 13.0. The molecule has 5 nitrogen and oxygen atoms in total. The number of anilines is 1. The molecule has 0 unspecified atom stereocenters. The van der Waals surface area contributed by atoms with Crippen molar-refractivity contribution < 1.29 is 31.8 Å². The first kappa shape index (κ1) is 16.6. The number of thioether (sulfide) groups is 1. The van der Waals surface area contributed by atoms with Crippen LogP contribution in [0.4, 0.5) is 23.2 Å². The van der Waals surface area contributed by atoms with Gasteiger partial charge in [-0.05, 0) is 12.1 Å². The zero-order chi connectivity index (χ0) is 17.7. The van der Waals surface area contributed by atoms with Gasteiger partial charge in [0.1, 0.15) is 0 Å². The minimum absolute atomic E-state index is 0.281. The highest BCUT2D eigenvalue weighted by atomic mass is 32.2. The van der Waals surface area contributed by atoms with Crippen LogP contribution in [-0.4, -0.2) is 29.8 Å². The number of hydrogen-bond donors (Lipinski definition) is 0. The Morgan fingerprint density at radius 2 is 1.88 bits per heavy atom. The Morgan fingerprint density at radius 1 is 1.25 bits per heavy atom. The van der Waals surface area contributed by atoms with Gasteiger partial charge in [0, 0.05) is 23.6 Å². The molecule has 24 heavy (non-hydrogen) atoms. The summed E-state index contributed by atoms with van der Waals surface area (Å²) in [5.74, 6) is -1.49. The van der Waals surface area contributed by atoms with Crippen LogP contribution in [0.3, 0.4) is 0 Å². The first-order chi connectivity index (χ1) is 11.1. The summed E-state index contributed by atoms with van der Waals surface area (Å²) in [4.78, 5) is 17.2. The summed E-state index contributed by atoms with van der Waals surface area (Å²) in [6, 6.07) is 3.58. The van der Waals surface area contributed by atoms with E-state index in [1.165, 1.54) is 17.9 Å². The number of alkyl halides is 4. The fourth-order valence-corrected chi connectivity index (χ4v) is 3.01. The molecule has 0 atom stereocenters. The van der Waals surface area contributed by atoms with Gasteiger partial charge in [-0.1, -0.05) is 18.3 Å². The number of fused-ring (bicyclic) bond motifs is 1. The van der Waals surface area contributed by atoms with Crippen LogP contribution >= 0.6 is 11.8 Å². The highest BCUT2D eigenvalue weighted by Gasteiger charge is 2.66. The molecule has 1 aromatic rings. The van der Waals surface area contributed by atoms with Crippen LogP contribution in [0.15, 0.2) is 34.7 Å². The third kappa shape index (κ3) is 2.81. The van der Waals surface area contributed by atoms with E-state index in [9.17, 15) is 22.4 Å². The molecule has 0 bridgehead atoms. The van der Waals surface area contributed by atoms with Crippen molar-refractivity contribution in [3.63, 3.8) is 0 Å². The number of carbonyl (C=O) groups excluding carboxylic acids is 1. The van der Waals surface area contributed by atoms with E-state index in [1.807, 2.05) is 0 Å². The smallest absolute Gasteiger partial charge is 0.421 e. The fourth-order valence-electron chi connectivity index (χ4n) is 2.10. The first-order valence-corrected chi connectivity index (χ1v) is 7.41. The number of halogens is 4. The number of aliphatic imine (C=N–C) groups is 1. The summed E-state index contributed by atoms with van der Waals surface area (Å²) >= 11 is 1.15. The van der Waals surface area contributed by atoms with Crippen molar-refractivity contribution in [3.8, 4) is 11.5 Å². The number of amidine groups is 1. The van der Waals surface area contributed by atoms with Gasteiger partial charge < -0.3 is 14.4 Å². The van der Waals surface area contributed by atoms with Crippen LogP contribution < -0.4 is 14.4 Å². The molecule has 3 rings (SSSR count). The lowest BCUT2D eigenvalue weighted by molar-refractivity contribution is -0.391. The Bertz CT molecular complexity index is 766. The van der Waals surface area contributed by atoms with Crippen molar-refractivity contribution in [2.45, 2.75) is 19.1 Å². The summed E-state index contributed by atoms with van der Waals surface area (Å²) < 4.78 is 61.0. The highest BCUT2D eigenvalue weighted by Crippen LogP contribution is 2.48. The molecule has 0 spiro atoms. The van der Waals surface area contributed by atoms with Gasteiger partial charge in [0.2, 0.25) is 5.91 Å². The standard InChI is InChI=1S/C14H10F4N2O3S/c1-7-6-20(12(24-7)19-8(2)21)9-3-4-10-11(5-9)23-14(17,18)13(15,16)22-10/h3-5H,1,6H2,2H3/b19-12+. The second kappa shape index (κ2) is 5.40. The van der Waals surface area contributed by atoms with Gasteiger partial charge in [-0.25, -0.2) is 0 Å². The highest BCUT2D eigenvalue weighted by molar-refractivity contribution is 8.18. The summed E-state index contributed by atoms with van der Waals surface area (Å²) in [5, 5.41) is 0.307. The molecule has 0 radical (unpaired) electrons. The molecule has 1 saturated heterocycles. The molecule has 0 saturated carbocycles. The molecule has 0 N–H and O–H groups in total. The predicted octanol–water partition coefficient (Wildman–Crippen LogP) is 3.61. The summed E-state index contributed by atoms with van der Waals surface area (Å²) in [6.07, 6.45) is -9.56. The average Bonchev–Trinajstić information content (AvgIpc) is 2.79. The van der Waals surface area contributed by atoms with Crippen LogP contribution in [0.5, 0.6) is 11.5 Å². The topological polar surface area (TPSA) is 51.1 Å². The van der Waals surface area contributed by atoms with Gasteiger partial charge >= 0.3 is 12.2 Å². The van der Waals surface area contributed by atoms with E-state index in [0.717, 1.165) is 23.9 Å². The SMILES string of the molecule is C=C1CN(c2ccc3c(c2)OC(F)(F)C(F)(F)O3)/C(=N\C(C)=O)S1. The number of carbonyl (C=O) groups is 1. The molecule has 1 fully saturated rings. The maximum absolute atomic E-state index is 13.3. The molecular formula is C14H10F4N2O3S. The lowest BCUT2D eigenvalue weighted by Gasteiger charge is -2.32. The summed E-state index contributed by atoms with van der Waals surface area (Å²) in [7, 11) is 0. The lowest BCUT2D eigenvalue weighted by atomic mass is 10.2. The number of rotatable bonds is 1. The van der Waals surface area contributed by atoms with Crippen molar-refractivity contribution in [3.05, 3.63) is 29.7 Å². The average molecular weight is 362 g/mol. The Kier molecular flexibility index (Phi) is 3.74. The molecule has 128 valence electrons. The number of amides is 1. The molecule has 10 heteroatoms. The molecule has 2 aliphatic rings. The Balaban J connectivity index is 1.98. The van der Waals surface area contributed by atoms with Crippen molar-refractivity contribution in [1.82, 2.24) is 0 Å². The first-order valence-electron chi connectivity index (χ1n) is 6.59. The molecule has 1 aromatic carbocycles. The minimum atomic E-state index is -4.79. The molecule has 2 heterocycles. The quantitative estimate of drug-likeness (QED) is 0.715. The van der Waals surface area contributed by atoms with Crippen LogP contribution in [-0.2, 0) is 4.79 Å². The van der Waals surface area contributed by atoms with Crippen LogP contribution in [0.25, 0.3) is 0 Å². The molecular weight excluding hydrogens is 352 g/mol. The van der Waals surface area contributed by atoms with E-state index in [4.69, 9.17) is 0 Å². The maximum Gasteiger partial charge on any atom is 0.507 e. The molecule has 1 amide bonds. The van der Waals surface area contributed by atoms with Gasteiger partial charge in [0.25, 0.3) is 0 Å². The summed E-state index contributed by atoms with van der Waals surface area (Å²) in [5.41, 5.74) is 0.324. The predicted molar refractivity (Wildman–Crippen MR) is 79.8 cm³/mol. The van der Waals surface area contributed by atoms with Gasteiger partial charge in [0.15, 0.2) is 16.7 Å². The van der Waals surface area contributed by atoms with E-state index in [1.54, 1.807) is 0 Å². The van der Waals surface area contributed by atoms with Gasteiger partial charge in [-0.3, -0.25) is 4.79 Å². The number of benzene rings is 1. The van der Waals surface area contributed by atoms with E-state index in [-0.39, 0.29) is 6.54 Å². The molecule has 2 aliphatic heterocycles. The number of nitrogens with zero attached hydrogens (tertiary/aromatic N) is 2. The monoisotopic (exact) mass is 362 g/mol. The second-order valence-corrected chi connectivity index (χ2v) is 6.16. The van der Waals surface area contributed by atoms with Crippen molar-refractivity contribution in [1.29, 1.82) is 0 Å². The molecule has 0 aromatic heterocycles. The van der Waals surface area contributed by atoms with Crippen molar-refractivity contribution in [2.75, 3.05) is 11.4 Å². The van der Waals surface area contributed by atoms with Crippen molar-refractivity contribution >= 4 is 28.5 Å². The normalized spacial score (nSPS) is 22.8.